The van der Waals surface area contributed by atoms with Crippen molar-refractivity contribution in [2.75, 3.05) is 25.6 Å². The zero-order valence-electron chi connectivity index (χ0n) is 16.8. The highest BCUT2D eigenvalue weighted by Gasteiger charge is 2.08. The lowest BCUT2D eigenvalue weighted by atomic mass is 10.1. The second-order valence-electron chi connectivity index (χ2n) is 6.57. The van der Waals surface area contributed by atoms with Crippen molar-refractivity contribution in [3.8, 4) is 5.75 Å². The van der Waals surface area contributed by atoms with Crippen LogP contribution in [0.25, 0.3) is 0 Å². The summed E-state index contributed by atoms with van der Waals surface area (Å²) in [6.45, 7) is 1.44. The van der Waals surface area contributed by atoms with Crippen molar-refractivity contribution < 1.29 is 19.1 Å². The second-order valence-corrected chi connectivity index (χ2v) is 6.57. The van der Waals surface area contributed by atoms with Gasteiger partial charge in [-0.1, -0.05) is 30.3 Å². The topological polar surface area (TPSA) is 76.7 Å². The molecular formula is C24H24N2O4. The molecule has 0 aliphatic heterocycles. The summed E-state index contributed by atoms with van der Waals surface area (Å²) in [7, 11) is 1.63. The van der Waals surface area contributed by atoms with Gasteiger partial charge < -0.3 is 20.1 Å². The summed E-state index contributed by atoms with van der Waals surface area (Å²) in [6, 6.07) is 23.3. The summed E-state index contributed by atoms with van der Waals surface area (Å²) >= 11 is 0. The van der Waals surface area contributed by atoms with Crippen molar-refractivity contribution in [1.29, 1.82) is 0 Å². The van der Waals surface area contributed by atoms with Gasteiger partial charge in [-0.25, -0.2) is 0 Å². The number of benzene rings is 3. The molecule has 0 saturated heterocycles. The molecule has 6 heteroatoms. The summed E-state index contributed by atoms with van der Waals surface area (Å²) in [4.78, 5) is 24.6. The molecule has 154 valence electrons. The van der Waals surface area contributed by atoms with E-state index in [0.717, 1.165) is 11.3 Å². The Hall–Kier alpha value is -3.64. The minimum Gasteiger partial charge on any atom is -0.491 e. The molecule has 0 aromatic heterocycles. The standard InChI is InChI=1S/C24H24N2O4/c1-29-15-16-30-22-13-7-18(8-14-22)17-25-23(27)20-9-11-21(12-10-20)26-24(28)19-5-3-2-4-6-19/h2-14H,15-17H2,1H3,(H,25,27)(H,26,28). The monoisotopic (exact) mass is 404 g/mol. The van der Waals surface area contributed by atoms with Crippen molar-refractivity contribution in [3.63, 3.8) is 0 Å². The smallest absolute Gasteiger partial charge is 0.255 e. The Balaban J connectivity index is 1.49. The zero-order chi connectivity index (χ0) is 21.2. The van der Waals surface area contributed by atoms with E-state index in [1.165, 1.54) is 0 Å². The van der Waals surface area contributed by atoms with Crippen molar-refractivity contribution in [2.45, 2.75) is 6.54 Å². The van der Waals surface area contributed by atoms with Gasteiger partial charge in [-0.05, 0) is 54.1 Å². The van der Waals surface area contributed by atoms with Gasteiger partial charge in [0.2, 0.25) is 0 Å². The molecule has 0 aliphatic rings. The second kappa shape index (κ2) is 10.8. The molecule has 0 fully saturated rings. The molecule has 0 radical (unpaired) electrons. The molecule has 0 bridgehead atoms. The minimum absolute atomic E-state index is 0.184. The van der Waals surface area contributed by atoms with Crippen molar-refractivity contribution in [3.05, 3.63) is 95.6 Å². The molecule has 3 rings (SSSR count). The molecule has 0 atom stereocenters. The number of amides is 2. The van der Waals surface area contributed by atoms with Crippen LogP contribution in [-0.4, -0.2) is 32.1 Å². The fourth-order valence-electron chi connectivity index (χ4n) is 2.73. The lowest BCUT2D eigenvalue weighted by Gasteiger charge is -2.09. The number of hydrogen-bond donors (Lipinski definition) is 2. The maximum Gasteiger partial charge on any atom is 0.255 e. The average molecular weight is 404 g/mol. The fourth-order valence-corrected chi connectivity index (χ4v) is 2.73. The molecular weight excluding hydrogens is 380 g/mol. The van der Waals surface area contributed by atoms with E-state index in [1.54, 1.807) is 43.5 Å². The Kier molecular flexibility index (Phi) is 7.58. The molecule has 2 N–H and O–H groups in total. The Morgan fingerprint density at radius 3 is 2.10 bits per heavy atom. The largest absolute Gasteiger partial charge is 0.491 e. The van der Waals surface area contributed by atoms with Crippen LogP contribution in [0.3, 0.4) is 0 Å². The van der Waals surface area contributed by atoms with E-state index in [-0.39, 0.29) is 11.8 Å². The van der Waals surface area contributed by atoms with Gasteiger partial charge in [-0.2, -0.15) is 0 Å². The minimum atomic E-state index is -0.192. The first-order valence-corrected chi connectivity index (χ1v) is 9.61. The van der Waals surface area contributed by atoms with E-state index in [1.807, 2.05) is 42.5 Å². The van der Waals surface area contributed by atoms with E-state index in [4.69, 9.17) is 9.47 Å². The fraction of sp³-hybridized carbons (Fsp3) is 0.167. The number of nitrogens with one attached hydrogen (secondary N) is 2. The molecule has 0 heterocycles. The Labute approximate surface area is 175 Å². The quantitative estimate of drug-likeness (QED) is 0.531. The highest BCUT2D eigenvalue weighted by molar-refractivity contribution is 6.04. The molecule has 3 aromatic carbocycles. The van der Waals surface area contributed by atoms with Gasteiger partial charge in [0.05, 0.1) is 6.61 Å². The van der Waals surface area contributed by atoms with E-state index in [2.05, 4.69) is 10.6 Å². The van der Waals surface area contributed by atoms with Crippen LogP contribution in [-0.2, 0) is 11.3 Å². The van der Waals surface area contributed by atoms with Gasteiger partial charge in [0.15, 0.2) is 0 Å². The normalized spacial score (nSPS) is 10.3. The maximum atomic E-state index is 12.4. The van der Waals surface area contributed by atoms with Crippen molar-refractivity contribution >= 4 is 17.5 Å². The van der Waals surface area contributed by atoms with Crippen LogP contribution in [0.4, 0.5) is 5.69 Å². The van der Waals surface area contributed by atoms with Crippen molar-refractivity contribution in [2.24, 2.45) is 0 Å². The molecule has 6 nitrogen and oxygen atoms in total. The van der Waals surface area contributed by atoms with Gasteiger partial charge in [-0.15, -0.1) is 0 Å². The molecule has 0 unspecified atom stereocenters. The van der Waals surface area contributed by atoms with Gasteiger partial charge in [0, 0.05) is 30.5 Å². The summed E-state index contributed by atoms with van der Waals surface area (Å²) in [5.74, 6) is 0.383. The van der Waals surface area contributed by atoms with Gasteiger partial charge in [0.25, 0.3) is 11.8 Å². The molecule has 30 heavy (non-hydrogen) atoms. The summed E-state index contributed by atoms with van der Waals surface area (Å²) in [5.41, 5.74) is 2.69. The van der Waals surface area contributed by atoms with Crippen LogP contribution < -0.4 is 15.4 Å². The predicted octanol–water partition coefficient (Wildman–Crippen LogP) is 3.89. The van der Waals surface area contributed by atoms with E-state index >= 15 is 0 Å². The third-order valence-corrected chi connectivity index (χ3v) is 4.37. The molecule has 0 saturated carbocycles. The number of hydrogen-bond acceptors (Lipinski definition) is 4. The predicted molar refractivity (Wildman–Crippen MR) is 116 cm³/mol. The first-order valence-electron chi connectivity index (χ1n) is 9.61. The van der Waals surface area contributed by atoms with Crippen LogP contribution in [0, 0.1) is 0 Å². The number of carbonyl (C=O) groups is 2. The van der Waals surface area contributed by atoms with Crippen LogP contribution in [0.5, 0.6) is 5.75 Å². The Bertz CT molecular complexity index is 955. The van der Waals surface area contributed by atoms with Crippen LogP contribution in [0.15, 0.2) is 78.9 Å². The number of rotatable bonds is 9. The maximum absolute atomic E-state index is 12.4. The highest BCUT2D eigenvalue weighted by Crippen LogP contribution is 2.14. The van der Waals surface area contributed by atoms with E-state index in [0.29, 0.717) is 36.6 Å². The third-order valence-electron chi connectivity index (χ3n) is 4.37. The summed E-state index contributed by atoms with van der Waals surface area (Å²) < 4.78 is 10.5. The first kappa shape index (κ1) is 21.1. The van der Waals surface area contributed by atoms with E-state index in [9.17, 15) is 9.59 Å². The lowest BCUT2D eigenvalue weighted by molar-refractivity contribution is 0.0950. The molecule has 0 aliphatic carbocycles. The Morgan fingerprint density at radius 1 is 0.767 bits per heavy atom. The van der Waals surface area contributed by atoms with Crippen LogP contribution in [0.2, 0.25) is 0 Å². The average Bonchev–Trinajstić information content (AvgIpc) is 2.79. The lowest BCUT2D eigenvalue weighted by Crippen LogP contribution is -2.22. The van der Waals surface area contributed by atoms with Crippen LogP contribution >= 0.6 is 0 Å². The van der Waals surface area contributed by atoms with E-state index < -0.39 is 0 Å². The highest BCUT2D eigenvalue weighted by atomic mass is 16.5. The Morgan fingerprint density at radius 2 is 1.43 bits per heavy atom. The third kappa shape index (κ3) is 6.18. The first-order chi connectivity index (χ1) is 14.7. The molecule has 2 amide bonds. The van der Waals surface area contributed by atoms with Crippen LogP contribution in [0.1, 0.15) is 26.3 Å². The number of carbonyl (C=O) groups excluding carboxylic acids is 2. The zero-order valence-corrected chi connectivity index (χ0v) is 16.8. The SMILES string of the molecule is COCCOc1ccc(CNC(=O)c2ccc(NC(=O)c3ccccc3)cc2)cc1. The summed E-state index contributed by atoms with van der Waals surface area (Å²) in [6.07, 6.45) is 0. The molecule has 0 spiro atoms. The summed E-state index contributed by atoms with van der Waals surface area (Å²) in [5, 5.41) is 5.70. The van der Waals surface area contributed by atoms with Gasteiger partial charge >= 0.3 is 0 Å². The number of anilines is 1. The molecule has 3 aromatic rings. The van der Waals surface area contributed by atoms with Gasteiger partial charge in [-0.3, -0.25) is 9.59 Å². The number of ether oxygens (including phenoxy) is 2. The number of methoxy groups -OCH3 is 1. The van der Waals surface area contributed by atoms with Gasteiger partial charge in [0.1, 0.15) is 12.4 Å². The van der Waals surface area contributed by atoms with Crippen molar-refractivity contribution in [1.82, 2.24) is 5.32 Å².